The second kappa shape index (κ2) is 6.43. The van der Waals surface area contributed by atoms with Gasteiger partial charge >= 0.3 is 0 Å². The van der Waals surface area contributed by atoms with Crippen LogP contribution in [0.3, 0.4) is 0 Å². The number of nitrogens with one attached hydrogen (secondary N) is 3. The van der Waals surface area contributed by atoms with Gasteiger partial charge in [0.15, 0.2) is 5.03 Å². The van der Waals surface area contributed by atoms with Crippen LogP contribution in [-0.4, -0.2) is 56.2 Å². The molecule has 8 heteroatoms. The van der Waals surface area contributed by atoms with E-state index in [2.05, 4.69) is 20.2 Å². The molecule has 1 aliphatic rings. The molecule has 1 saturated carbocycles. The van der Waals surface area contributed by atoms with Crippen molar-refractivity contribution in [3.05, 3.63) is 11.3 Å². The zero-order chi connectivity index (χ0) is 15.6. The third kappa shape index (κ3) is 4.26. The first-order valence-corrected chi connectivity index (χ1v) is 8.73. The van der Waals surface area contributed by atoms with Crippen molar-refractivity contribution in [3.8, 4) is 0 Å². The highest BCUT2D eigenvalue weighted by atomic mass is 32.2. The predicted molar refractivity (Wildman–Crippen MR) is 81.5 cm³/mol. The Morgan fingerprint density at radius 3 is 2.67 bits per heavy atom. The number of nitrogens with zero attached hydrogens (tertiary/aromatic N) is 2. The van der Waals surface area contributed by atoms with E-state index in [4.69, 9.17) is 0 Å². The standard InChI is InChI=1S/C13H25N5O2S/c1-9(18(3)4)7-15-21(19,20)13-12(10(2)16-17-13)8-14-11-5-6-11/h9,11,14-15H,5-8H2,1-4H3,(H,16,17). The molecule has 0 aliphatic heterocycles. The van der Waals surface area contributed by atoms with Gasteiger partial charge in [-0.25, -0.2) is 13.1 Å². The van der Waals surface area contributed by atoms with Crippen molar-refractivity contribution in [2.75, 3.05) is 20.6 Å². The molecule has 0 bridgehead atoms. The quantitative estimate of drug-likeness (QED) is 0.637. The highest BCUT2D eigenvalue weighted by molar-refractivity contribution is 7.89. The number of sulfonamides is 1. The Balaban J connectivity index is 2.07. The van der Waals surface area contributed by atoms with Crippen LogP contribution in [0.4, 0.5) is 0 Å². The Morgan fingerprint density at radius 2 is 2.10 bits per heavy atom. The van der Waals surface area contributed by atoms with Gasteiger partial charge in [-0.2, -0.15) is 5.10 Å². The summed E-state index contributed by atoms with van der Waals surface area (Å²) in [6.07, 6.45) is 2.33. The SMILES string of the molecule is Cc1[nH]nc(S(=O)(=O)NCC(C)N(C)C)c1CNC1CC1. The van der Waals surface area contributed by atoms with Crippen LogP contribution in [0.5, 0.6) is 0 Å². The molecule has 1 fully saturated rings. The number of aromatic amines is 1. The monoisotopic (exact) mass is 315 g/mol. The van der Waals surface area contributed by atoms with Gasteiger partial charge in [0.25, 0.3) is 10.0 Å². The highest BCUT2D eigenvalue weighted by Crippen LogP contribution is 2.21. The summed E-state index contributed by atoms with van der Waals surface area (Å²) in [7, 11) is 0.253. The third-order valence-corrected chi connectivity index (χ3v) is 5.28. The Bertz CT molecular complexity index is 577. The number of hydrogen-bond donors (Lipinski definition) is 3. The molecule has 1 aliphatic carbocycles. The zero-order valence-corrected chi connectivity index (χ0v) is 13.9. The lowest BCUT2D eigenvalue weighted by molar-refractivity contribution is 0.313. The average molecular weight is 315 g/mol. The number of aromatic nitrogens is 2. The van der Waals surface area contributed by atoms with Crippen molar-refractivity contribution >= 4 is 10.0 Å². The number of hydrogen-bond acceptors (Lipinski definition) is 5. The Kier molecular flexibility index (Phi) is 5.03. The van der Waals surface area contributed by atoms with Crippen LogP contribution in [0, 0.1) is 6.92 Å². The summed E-state index contributed by atoms with van der Waals surface area (Å²) < 4.78 is 27.5. The van der Waals surface area contributed by atoms with Crippen molar-refractivity contribution in [1.29, 1.82) is 0 Å². The smallest absolute Gasteiger partial charge is 0.260 e. The van der Waals surface area contributed by atoms with E-state index >= 15 is 0 Å². The number of likely N-dealkylation sites (N-methyl/N-ethyl adjacent to an activating group) is 1. The van der Waals surface area contributed by atoms with Crippen LogP contribution >= 0.6 is 0 Å². The molecule has 1 atom stereocenters. The van der Waals surface area contributed by atoms with Gasteiger partial charge in [-0.05, 0) is 40.8 Å². The second-order valence-corrected chi connectivity index (χ2v) is 7.63. The summed E-state index contributed by atoms with van der Waals surface area (Å²) in [6.45, 7) is 4.70. The summed E-state index contributed by atoms with van der Waals surface area (Å²) >= 11 is 0. The summed E-state index contributed by atoms with van der Waals surface area (Å²) in [6, 6.07) is 0.643. The van der Waals surface area contributed by atoms with E-state index in [0.717, 1.165) is 24.1 Å². The third-order valence-electron chi connectivity index (χ3n) is 3.89. The Labute approximate surface area is 126 Å². The van der Waals surface area contributed by atoms with Crippen molar-refractivity contribution in [1.82, 2.24) is 25.1 Å². The highest BCUT2D eigenvalue weighted by Gasteiger charge is 2.26. The van der Waals surface area contributed by atoms with Gasteiger partial charge in [0.05, 0.1) is 0 Å². The van der Waals surface area contributed by atoms with Crippen LogP contribution in [0.25, 0.3) is 0 Å². The molecule has 1 aromatic rings. The molecule has 0 spiro atoms. The van der Waals surface area contributed by atoms with E-state index in [1.165, 1.54) is 0 Å². The van der Waals surface area contributed by atoms with Crippen molar-refractivity contribution in [2.24, 2.45) is 0 Å². The van der Waals surface area contributed by atoms with E-state index in [-0.39, 0.29) is 11.1 Å². The maximum atomic E-state index is 12.4. The fraction of sp³-hybridized carbons (Fsp3) is 0.769. The molecule has 0 saturated heterocycles. The maximum absolute atomic E-state index is 12.4. The van der Waals surface area contributed by atoms with Crippen LogP contribution in [0.2, 0.25) is 0 Å². The molecular formula is C13H25N5O2S. The van der Waals surface area contributed by atoms with Crippen molar-refractivity contribution in [3.63, 3.8) is 0 Å². The van der Waals surface area contributed by atoms with E-state index in [9.17, 15) is 8.42 Å². The lowest BCUT2D eigenvalue weighted by Crippen LogP contribution is -2.38. The van der Waals surface area contributed by atoms with Gasteiger partial charge in [0.1, 0.15) is 0 Å². The molecule has 3 N–H and O–H groups in total. The first-order valence-electron chi connectivity index (χ1n) is 7.24. The normalized spacial score (nSPS) is 17.4. The summed E-state index contributed by atoms with van der Waals surface area (Å²) in [5.74, 6) is 0. The first-order chi connectivity index (χ1) is 9.81. The van der Waals surface area contributed by atoms with Gasteiger partial charge in [-0.15, -0.1) is 0 Å². The Hall–Kier alpha value is -0.960. The molecule has 7 nitrogen and oxygen atoms in total. The summed E-state index contributed by atoms with van der Waals surface area (Å²) in [4.78, 5) is 1.97. The van der Waals surface area contributed by atoms with Gasteiger partial charge in [0.2, 0.25) is 0 Å². The van der Waals surface area contributed by atoms with Crippen molar-refractivity contribution < 1.29 is 8.42 Å². The fourth-order valence-electron chi connectivity index (χ4n) is 1.88. The molecule has 1 heterocycles. The summed E-state index contributed by atoms with van der Waals surface area (Å²) in [5.41, 5.74) is 1.52. The van der Waals surface area contributed by atoms with Gasteiger partial charge in [-0.1, -0.05) is 0 Å². The van der Waals surface area contributed by atoms with E-state index in [0.29, 0.717) is 19.1 Å². The molecule has 21 heavy (non-hydrogen) atoms. The van der Waals surface area contributed by atoms with E-state index in [1.54, 1.807) is 0 Å². The summed E-state index contributed by atoms with van der Waals surface area (Å²) in [5, 5.41) is 10.2. The molecule has 0 amide bonds. The number of aryl methyl sites for hydroxylation is 1. The van der Waals surface area contributed by atoms with Gasteiger partial charge in [-0.3, -0.25) is 5.10 Å². The predicted octanol–water partition coefficient (Wildman–Crippen LogP) is 0.199. The minimum Gasteiger partial charge on any atom is -0.310 e. The second-order valence-electron chi connectivity index (χ2n) is 5.95. The topological polar surface area (TPSA) is 90.1 Å². The fourth-order valence-corrected chi connectivity index (χ4v) is 3.19. The van der Waals surface area contributed by atoms with E-state index in [1.807, 2.05) is 32.8 Å². The number of rotatable bonds is 8. The Morgan fingerprint density at radius 1 is 1.43 bits per heavy atom. The molecule has 1 unspecified atom stereocenters. The van der Waals surface area contributed by atoms with Crippen LogP contribution in [0.15, 0.2) is 5.03 Å². The lowest BCUT2D eigenvalue weighted by Gasteiger charge is -2.19. The largest absolute Gasteiger partial charge is 0.310 e. The molecular weight excluding hydrogens is 290 g/mol. The first kappa shape index (κ1) is 16.4. The van der Waals surface area contributed by atoms with Crippen LogP contribution in [0.1, 0.15) is 31.0 Å². The number of H-pyrrole nitrogens is 1. The van der Waals surface area contributed by atoms with E-state index < -0.39 is 10.0 Å². The average Bonchev–Trinajstić information content (AvgIpc) is 3.16. The maximum Gasteiger partial charge on any atom is 0.260 e. The van der Waals surface area contributed by atoms with Crippen LogP contribution in [-0.2, 0) is 16.6 Å². The minimum absolute atomic E-state index is 0.110. The minimum atomic E-state index is -3.59. The zero-order valence-electron chi connectivity index (χ0n) is 13.1. The lowest BCUT2D eigenvalue weighted by atomic mass is 10.2. The molecule has 1 aromatic heterocycles. The van der Waals surface area contributed by atoms with Gasteiger partial charge < -0.3 is 10.2 Å². The molecule has 120 valence electrons. The van der Waals surface area contributed by atoms with Crippen molar-refractivity contribution in [2.45, 2.75) is 50.3 Å². The van der Waals surface area contributed by atoms with Crippen LogP contribution < -0.4 is 10.0 Å². The molecule has 0 aromatic carbocycles. The molecule has 0 radical (unpaired) electrons. The molecule has 2 rings (SSSR count). The van der Waals surface area contributed by atoms with Gasteiger partial charge in [0, 0.05) is 36.4 Å².